The molecule has 0 aliphatic carbocycles. The average molecular weight is 473 g/mol. The number of carbonyl (C=O) groups excluding carboxylic acids is 1. The maximum atomic E-state index is 12.9. The van der Waals surface area contributed by atoms with E-state index in [0.29, 0.717) is 24.6 Å². The lowest BCUT2D eigenvalue weighted by Crippen LogP contribution is -2.43. The molecule has 2 aliphatic heterocycles. The molecule has 8 nitrogen and oxygen atoms in total. The number of nitrogens with one attached hydrogen (secondary N) is 3. The van der Waals surface area contributed by atoms with Crippen LogP contribution in [0.1, 0.15) is 28.8 Å². The number of amides is 1. The van der Waals surface area contributed by atoms with Crippen molar-refractivity contribution in [2.45, 2.75) is 25.8 Å². The highest BCUT2D eigenvalue weighted by Gasteiger charge is 2.19. The van der Waals surface area contributed by atoms with Crippen LogP contribution in [-0.4, -0.2) is 61.3 Å². The van der Waals surface area contributed by atoms with Crippen molar-refractivity contribution in [2.24, 2.45) is 0 Å². The topological polar surface area (TPSA) is 91.4 Å². The molecular formula is C27H32N6O2. The van der Waals surface area contributed by atoms with E-state index in [2.05, 4.69) is 38.0 Å². The molecule has 4 heterocycles. The monoisotopic (exact) mass is 472 g/mol. The molecule has 0 bridgehead atoms. The standard InChI is InChI=1S/C27H32N6O2/c1-19-22(27(34)30-21-9-16-35-17-10-21)4-2-5-23(19)31-25-18-20(8-11-29-25)24-6-3-7-26(32-24)33-14-12-28-13-15-33/h2-8,11,18,21,28H,9-10,12-17H2,1H3,(H,29,31)(H,30,34). The summed E-state index contributed by atoms with van der Waals surface area (Å²) >= 11 is 0. The third-order valence-corrected chi connectivity index (χ3v) is 6.63. The summed E-state index contributed by atoms with van der Waals surface area (Å²) < 4.78 is 5.40. The van der Waals surface area contributed by atoms with E-state index in [1.165, 1.54) is 0 Å². The summed E-state index contributed by atoms with van der Waals surface area (Å²) in [5, 5.41) is 9.93. The number of anilines is 3. The third kappa shape index (κ3) is 5.61. The molecule has 0 spiro atoms. The van der Waals surface area contributed by atoms with Gasteiger partial charge in [-0.2, -0.15) is 0 Å². The largest absolute Gasteiger partial charge is 0.381 e. The zero-order valence-corrected chi connectivity index (χ0v) is 20.1. The van der Waals surface area contributed by atoms with E-state index in [1.54, 1.807) is 6.20 Å². The molecule has 2 saturated heterocycles. The van der Waals surface area contributed by atoms with Crippen LogP contribution in [0.3, 0.4) is 0 Å². The number of hydrogen-bond acceptors (Lipinski definition) is 7. The van der Waals surface area contributed by atoms with Crippen LogP contribution in [0.25, 0.3) is 11.3 Å². The minimum Gasteiger partial charge on any atom is -0.381 e. The van der Waals surface area contributed by atoms with E-state index in [4.69, 9.17) is 9.72 Å². The smallest absolute Gasteiger partial charge is 0.251 e. The molecule has 2 fully saturated rings. The first-order chi connectivity index (χ1) is 17.2. The Hall–Kier alpha value is -3.49. The van der Waals surface area contributed by atoms with E-state index < -0.39 is 0 Å². The highest BCUT2D eigenvalue weighted by Crippen LogP contribution is 2.26. The first kappa shape index (κ1) is 23.3. The second-order valence-corrected chi connectivity index (χ2v) is 9.01. The zero-order valence-electron chi connectivity index (χ0n) is 20.1. The van der Waals surface area contributed by atoms with Crippen LogP contribution in [0.2, 0.25) is 0 Å². The minimum absolute atomic E-state index is 0.0475. The van der Waals surface area contributed by atoms with E-state index in [1.807, 2.05) is 43.3 Å². The first-order valence-electron chi connectivity index (χ1n) is 12.3. The number of piperazine rings is 1. The summed E-state index contributed by atoms with van der Waals surface area (Å²) in [6.07, 6.45) is 3.49. The Morgan fingerprint density at radius 2 is 1.89 bits per heavy atom. The lowest BCUT2D eigenvalue weighted by atomic mass is 10.0. The van der Waals surface area contributed by atoms with Crippen molar-refractivity contribution in [3.63, 3.8) is 0 Å². The van der Waals surface area contributed by atoms with Gasteiger partial charge in [0.15, 0.2) is 0 Å². The van der Waals surface area contributed by atoms with Crippen LogP contribution in [0.5, 0.6) is 0 Å². The maximum absolute atomic E-state index is 12.9. The molecule has 5 rings (SSSR count). The molecule has 3 aromatic rings. The predicted octanol–water partition coefficient (Wildman–Crippen LogP) is 3.51. The zero-order chi connectivity index (χ0) is 24.0. The van der Waals surface area contributed by atoms with Gasteiger partial charge in [0.05, 0.1) is 5.69 Å². The maximum Gasteiger partial charge on any atom is 0.251 e. The van der Waals surface area contributed by atoms with Crippen molar-refractivity contribution in [2.75, 3.05) is 49.6 Å². The Morgan fingerprint density at radius 3 is 2.71 bits per heavy atom. The number of pyridine rings is 2. The van der Waals surface area contributed by atoms with Crippen LogP contribution in [0, 0.1) is 6.92 Å². The SMILES string of the molecule is Cc1c(Nc2cc(-c3cccc(N4CCNCC4)n3)ccn2)cccc1C(=O)NC1CCOCC1. The van der Waals surface area contributed by atoms with E-state index in [9.17, 15) is 4.79 Å². The second kappa shape index (κ2) is 10.8. The van der Waals surface area contributed by atoms with Crippen LogP contribution in [-0.2, 0) is 4.74 Å². The number of hydrogen-bond donors (Lipinski definition) is 3. The van der Waals surface area contributed by atoms with Gasteiger partial charge in [-0.3, -0.25) is 4.79 Å². The van der Waals surface area contributed by atoms with Gasteiger partial charge in [-0.15, -0.1) is 0 Å². The summed E-state index contributed by atoms with van der Waals surface area (Å²) in [5.74, 6) is 1.66. The van der Waals surface area contributed by atoms with Crippen molar-refractivity contribution in [3.8, 4) is 11.3 Å². The fourth-order valence-corrected chi connectivity index (χ4v) is 4.57. The van der Waals surface area contributed by atoms with Crippen molar-refractivity contribution < 1.29 is 9.53 Å². The number of ether oxygens (including phenoxy) is 1. The lowest BCUT2D eigenvalue weighted by molar-refractivity contribution is 0.0696. The second-order valence-electron chi connectivity index (χ2n) is 9.01. The van der Waals surface area contributed by atoms with Crippen molar-refractivity contribution >= 4 is 23.2 Å². The number of rotatable bonds is 6. The fraction of sp³-hybridized carbons (Fsp3) is 0.370. The van der Waals surface area contributed by atoms with Gasteiger partial charge in [0.25, 0.3) is 5.91 Å². The Morgan fingerprint density at radius 1 is 1.09 bits per heavy atom. The van der Waals surface area contributed by atoms with E-state index in [0.717, 1.165) is 67.3 Å². The molecule has 0 radical (unpaired) electrons. The van der Waals surface area contributed by atoms with Crippen molar-refractivity contribution in [1.82, 2.24) is 20.6 Å². The molecule has 8 heteroatoms. The molecule has 0 saturated carbocycles. The molecule has 2 aliphatic rings. The van der Waals surface area contributed by atoms with Crippen LogP contribution < -0.4 is 20.9 Å². The molecular weight excluding hydrogens is 440 g/mol. The number of carbonyl (C=O) groups is 1. The quantitative estimate of drug-likeness (QED) is 0.506. The highest BCUT2D eigenvalue weighted by atomic mass is 16.5. The summed E-state index contributed by atoms with van der Waals surface area (Å²) in [7, 11) is 0. The molecule has 3 N–H and O–H groups in total. The van der Waals surface area contributed by atoms with Gasteiger partial charge < -0.3 is 25.6 Å². The normalized spacial score (nSPS) is 16.7. The molecule has 2 aromatic heterocycles. The van der Waals surface area contributed by atoms with Crippen LogP contribution in [0.15, 0.2) is 54.7 Å². The fourth-order valence-electron chi connectivity index (χ4n) is 4.57. The van der Waals surface area contributed by atoms with E-state index in [-0.39, 0.29) is 11.9 Å². The molecule has 1 amide bonds. The van der Waals surface area contributed by atoms with Gasteiger partial charge in [0.1, 0.15) is 11.6 Å². The van der Waals surface area contributed by atoms with Gasteiger partial charge in [-0.1, -0.05) is 12.1 Å². The molecule has 35 heavy (non-hydrogen) atoms. The number of nitrogens with zero attached hydrogens (tertiary/aromatic N) is 3. The molecule has 182 valence electrons. The average Bonchev–Trinajstić information content (AvgIpc) is 2.91. The Balaban J connectivity index is 1.33. The number of benzene rings is 1. The van der Waals surface area contributed by atoms with Crippen molar-refractivity contribution in [1.29, 1.82) is 0 Å². The van der Waals surface area contributed by atoms with Gasteiger partial charge in [0, 0.05) is 68.4 Å². The Labute approximate surface area is 206 Å². The molecule has 1 aromatic carbocycles. The lowest BCUT2D eigenvalue weighted by Gasteiger charge is -2.28. The van der Waals surface area contributed by atoms with E-state index >= 15 is 0 Å². The van der Waals surface area contributed by atoms with Crippen molar-refractivity contribution in [3.05, 3.63) is 65.9 Å². The third-order valence-electron chi connectivity index (χ3n) is 6.63. The minimum atomic E-state index is -0.0475. The van der Waals surface area contributed by atoms with Gasteiger partial charge in [0.2, 0.25) is 0 Å². The van der Waals surface area contributed by atoms with Crippen LogP contribution >= 0.6 is 0 Å². The van der Waals surface area contributed by atoms with Gasteiger partial charge in [-0.25, -0.2) is 9.97 Å². The molecule has 0 unspecified atom stereocenters. The summed E-state index contributed by atoms with van der Waals surface area (Å²) in [5.41, 5.74) is 4.32. The predicted molar refractivity (Wildman–Crippen MR) is 138 cm³/mol. The summed E-state index contributed by atoms with van der Waals surface area (Å²) in [4.78, 5) is 24.7. The van der Waals surface area contributed by atoms with Gasteiger partial charge >= 0.3 is 0 Å². The highest BCUT2D eigenvalue weighted by molar-refractivity contribution is 5.97. The Kier molecular flexibility index (Phi) is 7.20. The number of aromatic nitrogens is 2. The molecule has 0 atom stereocenters. The summed E-state index contributed by atoms with van der Waals surface area (Å²) in [6.45, 7) is 7.21. The first-order valence-corrected chi connectivity index (χ1v) is 12.3. The summed E-state index contributed by atoms with van der Waals surface area (Å²) in [6, 6.07) is 16.0. The van der Waals surface area contributed by atoms with Gasteiger partial charge in [-0.05, 0) is 61.7 Å². The van der Waals surface area contributed by atoms with Crippen LogP contribution in [0.4, 0.5) is 17.3 Å². The Bertz CT molecular complexity index is 1170.